The number of nitrogens with zero attached hydrogens (tertiary/aromatic N) is 1. The van der Waals surface area contributed by atoms with Crippen molar-refractivity contribution in [2.24, 2.45) is 5.10 Å². The van der Waals surface area contributed by atoms with E-state index >= 15 is 0 Å². The molecule has 0 aliphatic heterocycles. The van der Waals surface area contributed by atoms with Gasteiger partial charge in [-0.05, 0) is 71.0 Å². The van der Waals surface area contributed by atoms with Crippen molar-refractivity contribution in [3.8, 4) is 17.2 Å². The van der Waals surface area contributed by atoms with Gasteiger partial charge in [0, 0.05) is 10.6 Å². The average Bonchev–Trinajstić information content (AvgIpc) is 2.78. The van der Waals surface area contributed by atoms with Gasteiger partial charge >= 0.3 is 0 Å². The molecule has 31 heavy (non-hydrogen) atoms. The number of ether oxygens (including phenoxy) is 3. The number of hydrazone groups is 1. The zero-order valence-electron chi connectivity index (χ0n) is 17.4. The van der Waals surface area contributed by atoms with Gasteiger partial charge in [-0.1, -0.05) is 41.9 Å². The molecule has 3 rings (SSSR count). The van der Waals surface area contributed by atoms with Crippen molar-refractivity contribution in [1.29, 1.82) is 0 Å². The van der Waals surface area contributed by atoms with Crippen LogP contribution in [-0.4, -0.2) is 19.9 Å². The van der Waals surface area contributed by atoms with Crippen molar-refractivity contribution in [3.63, 3.8) is 0 Å². The molecule has 7 heteroatoms. The Hall–Kier alpha value is -2.45. The fourth-order valence-corrected chi connectivity index (χ4v) is 3.81. The highest BCUT2D eigenvalue weighted by atomic mass is 127. The topological polar surface area (TPSA) is 52.1 Å². The normalized spacial score (nSPS) is 10.8. The number of rotatable bonds is 10. The SMILES string of the molecule is CCOc1cc(/C=N/NCc2ccccc2OC)cc(I)c1OCc1ccc(Cl)cc1. The van der Waals surface area contributed by atoms with E-state index in [1.165, 1.54) is 0 Å². The first-order valence-electron chi connectivity index (χ1n) is 9.82. The largest absolute Gasteiger partial charge is 0.496 e. The molecule has 3 aromatic rings. The van der Waals surface area contributed by atoms with E-state index in [1.807, 2.05) is 67.6 Å². The summed E-state index contributed by atoms with van der Waals surface area (Å²) in [6, 6.07) is 19.4. The van der Waals surface area contributed by atoms with E-state index in [1.54, 1.807) is 13.3 Å². The molecule has 0 bridgehead atoms. The van der Waals surface area contributed by atoms with Crippen LogP contribution in [0.2, 0.25) is 5.02 Å². The Morgan fingerprint density at radius 1 is 1.03 bits per heavy atom. The number of hydrogen-bond acceptors (Lipinski definition) is 5. The van der Waals surface area contributed by atoms with Gasteiger partial charge in [-0.2, -0.15) is 5.10 Å². The van der Waals surface area contributed by atoms with Crippen LogP contribution in [0.4, 0.5) is 0 Å². The fourth-order valence-electron chi connectivity index (χ4n) is 2.90. The summed E-state index contributed by atoms with van der Waals surface area (Å²) in [5.41, 5.74) is 6.06. The van der Waals surface area contributed by atoms with Gasteiger partial charge in [0.05, 0.1) is 30.0 Å². The van der Waals surface area contributed by atoms with Crippen molar-refractivity contribution >= 4 is 40.4 Å². The van der Waals surface area contributed by atoms with Crippen LogP contribution in [0.1, 0.15) is 23.6 Å². The van der Waals surface area contributed by atoms with Crippen molar-refractivity contribution in [2.45, 2.75) is 20.1 Å². The van der Waals surface area contributed by atoms with Crippen molar-refractivity contribution in [1.82, 2.24) is 5.43 Å². The van der Waals surface area contributed by atoms with Crippen molar-refractivity contribution in [3.05, 3.63) is 85.9 Å². The summed E-state index contributed by atoms with van der Waals surface area (Å²) in [6.07, 6.45) is 1.77. The molecule has 0 fully saturated rings. The van der Waals surface area contributed by atoms with E-state index in [2.05, 4.69) is 33.1 Å². The standard InChI is InChI=1S/C24H24ClIN2O3/c1-3-30-23-13-18(14-27-28-15-19-6-4-5-7-22(19)29-2)12-21(26)24(23)31-16-17-8-10-20(25)11-9-17/h4-14,28H,3,15-16H2,1-2H3/b27-14+. The molecule has 162 valence electrons. The van der Waals surface area contributed by atoms with Crippen LogP contribution >= 0.6 is 34.2 Å². The summed E-state index contributed by atoms with van der Waals surface area (Å²) in [5.74, 6) is 2.24. The van der Waals surface area contributed by atoms with Gasteiger partial charge in [0.15, 0.2) is 11.5 Å². The Balaban J connectivity index is 1.68. The van der Waals surface area contributed by atoms with Crippen LogP contribution in [0.15, 0.2) is 65.8 Å². The quantitative estimate of drug-likeness (QED) is 0.190. The summed E-state index contributed by atoms with van der Waals surface area (Å²) in [4.78, 5) is 0. The molecule has 5 nitrogen and oxygen atoms in total. The molecule has 0 atom stereocenters. The maximum absolute atomic E-state index is 6.06. The third-order valence-electron chi connectivity index (χ3n) is 4.40. The van der Waals surface area contributed by atoms with E-state index in [4.69, 9.17) is 25.8 Å². The van der Waals surface area contributed by atoms with Crippen LogP contribution in [-0.2, 0) is 13.2 Å². The molecule has 0 saturated heterocycles. The maximum Gasteiger partial charge on any atom is 0.175 e. The Bertz CT molecular complexity index is 1030. The Morgan fingerprint density at radius 3 is 2.55 bits per heavy atom. The summed E-state index contributed by atoms with van der Waals surface area (Å²) >= 11 is 8.21. The van der Waals surface area contributed by atoms with Gasteiger partial charge in [0.1, 0.15) is 12.4 Å². The maximum atomic E-state index is 6.06. The molecule has 1 N–H and O–H groups in total. The Labute approximate surface area is 201 Å². The number of hydrogen-bond donors (Lipinski definition) is 1. The second-order valence-electron chi connectivity index (χ2n) is 6.58. The predicted octanol–water partition coefficient (Wildman–Crippen LogP) is 6.05. The van der Waals surface area contributed by atoms with E-state index in [9.17, 15) is 0 Å². The highest BCUT2D eigenvalue weighted by molar-refractivity contribution is 14.1. The lowest BCUT2D eigenvalue weighted by atomic mass is 10.2. The van der Waals surface area contributed by atoms with Gasteiger partial charge in [0.25, 0.3) is 0 Å². The smallest absolute Gasteiger partial charge is 0.175 e. The summed E-state index contributed by atoms with van der Waals surface area (Å²) in [7, 11) is 1.66. The molecule has 0 aliphatic carbocycles. The third kappa shape index (κ3) is 6.77. The molecular weight excluding hydrogens is 527 g/mol. The monoisotopic (exact) mass is 550 g/mol. The van der Waals surface area contributed by atoms with E-state index in [-0.39, 0.29) is 0 Å². The first-order chi connectivity index (χ1) is 15.1. The second-order valence-corrected chi connectivity index (χ2v) is 8.18. The number of benzene rings is 3. The molecular formula is C24H24ClIN2O3. The van der Waals surface area contributed by atoms with Gasteiger partial charge < -0.3 is 19.6 Å². The number of methoxy groups -OCH3 is 1. The first-order valence-corrected chi connectivity index (χ1v) is 11.3. The van der Waals surface area contributed by atoms with Crippen molar-refractivity contribution in [2.75, 3.05) is 13.7 Å². The molecule has 0 spiro atoms. The van der Waals surface area contributed by atoms with Crippen LogP contribution in [0.3, 0.4) is 0 Å². The Kier molecular flexibility index (Phi) is 8.85. The molecule has 0 amide bonds. The molecule has 0 heterocycles. The zero-order chi connectivity index (χ0) is 22.1. The molecule has 3 aromatic carbocycles. The Morgan fingerprint density at radius 2 is 1.81 bits per heavy atom. The van der Waals surface area contributed by atoms with Gasteiger partial charge in [-0.15, -0.1) is 0 Å². The summed E-state index contributed by atoms with van der Waals surface area (Å²) in [5, 5.41) is 5.05. The number of para-hydroxylation sites is 1. The van der Waals surface area contributed by atoms with Crippen LogP contribution in [0.5, 0.6) is 17.2 Å². The van der Waals surface area contributed by atoms with Gasteiger partial charge in [-0.25, -0.2) is 0 Å². The minimum absolute atomic E-state index is 0.432. The van der Waals surface area contributed by atoms with E-state index in [0.29, 0.717) is 30.5 Å². The highest BCUT2D eigenvalue weighted by Crippen LogP contribution is 2.34. The van der Waals surface area contributed by atoms with Crippen LogP contribution in [0, 0.1) is 3.57 Å². The molecule has 0 unspecified atom stereocenters. The minimum Gasteiger partial charge on any atom is -0.496 e. The predicted molar refractivity (Wildman–Crippen MR) is 134 cm³/mol. The third-order valence-corrected chi connectivity index (χ3v) is 5.45. The van der Waals surface area contributed by atoms with E-state index < -0.39 is 0 Å². The molecule has 0 aliphatic rings. The van der Waals surface area contributed by atoms with Crippen LogP contribution in [0.25, 0.3) is 0 Å². The summed E-state index contributed by atoms with van der Waals surface area (Å²) < 4.78 is 18.2. The molecule has 0 aromatic heterocycles. The fraction of sp³-hybridized carbons (Fsp3) is 0.208. The first kappa shape index (κ1) is 23.2. The lowest BCUT2D eigenvalue weighted by Crippen LogP contribution is -2.07. The average molecular weight is 551 g/mol. The summed E-state index contributed by atoms with van der Waals surface area (Å²) in [6.45, 7) is 3.49. The van der Waals surface area contributed by atoms with Gasteiger partial charge in [0.2, 0.25) is 0 Å². The zero-order valence-corrected chi connectivity index (χ0v) is 20.3. The van der Waals surface area contributed by atoms with Gasteiger partial charge in [-0.3, -0.25) is 0 Å². The number of nitrogens with one attached hydrogen (secondary N) is 1. The highest BCUT2D eigenvalue weighted by Gasteiger charge is 2.12. The lowest BCUT2D eigenvalue weighted by Gasteiger charge is -2.15. The van der Waals surface area contributed by atoms with Crippen molar-refractivity contribution < 1.29 is 14.2 Å². The molecule has 0 saturated carbocycles. The molecule has 0 radical (unpaired) electrons. The second kappa shape index (κ2) is 11.8. The van der Waals surface area contributed by atoms with E-state index in [0.717, 1.165) is 31.8 Å². The number of halogens is 2. The minimum atomic E-state index is 0.432. The van der Waals surface area contributed by atoms with Crippen LogP contribution < -0.4 is 19.6 Å². The lowest BCUT2D eigenvalue weighted by molar-refractivity contribution is 0.267.